The van der Waals surface area contributed by atoms with E-state index >= 15 is 0 Å². The van der Waals surface area contributed by atoms with Crippen LogP contribution in [0.1, 0.15) is 36.0 Å². The van der Waals surface area contributed by atoms with Crippen LogP contribution in [0.3, 0.4) is 0 Å². The second-order valence-electron chi connectivity index (χ2n) is 5.27. The Balaban J connectivity index is 1.98. The molecule has 4 heteroatoms. The smallest absolute Gasteiger partial charge is 0.176 e. The van der Waals surface area contributed by atoms with Crippen LogP contribution in [0.5, 0.6) is 0 Å². The Bertz CT molecular complexity index is 450. The van der Waals surface area contributed by atoms with Gasteiger partial charge in [0.05, 0.1) is 12.6 Å². The average molecular weight is 282 g/mol. The van der Waals surface area contributed by atoms with Crippen molar-refractivity contribution in [2.75, 3.05) is 13.6 Å². The molecule has 1 aromatic carbocycles. The molecule has 1 saturated carbocycles. The zero-order valence-electron chi connectivity index (χ0n) is 11.2. The monoisotopic (exact) mass is 281 g/mol. The van der Waals surface area contributed by atoms with E-state index < -0.39 is 0 Å². The highest BCUT2D eigenvalue weighted by Gasteiger charge is 2.27. The Morgan fingerprint density at radius 1 is 1.42 bits per heavy atom. The second kappa shape index (κ2) is 6.51. The molecule has 0 aromatic heterocycles. The SMILES string of the molecule is CN(CC(=O)c1cccc(Cl)c1)C1CCCCC1O. The quantitative estimate of drug-likeness (QED) is 0.863. The molecule has 0 heterocycles. The van der Waals surface area contributed by atoms with Crippen LogP contribution in [-0.2, 0) is 0 Å². The number of benzene rings is 1. The predicted octanol–water partition coefficient (Wildman–Crippen LogP) is 2.76. The molecule has 2 rings (SSSR count). The molecule has 1 aromatic rings. The minimum Gasteiger partial charge on any atom is -0.391 e. The number of ketones is 1. The van der Waals surface area contributed by atoms with Gasteiger partial charge < -0.3 is 5.11 Å². The molecule has 1 aliphatic rings. The van der Waals surface area contributed by atoms with Crippen molar-refractivity contribution in [1.82, 2.24) is 4.90 Å². The number of halogens is 1. The van der Waals surface area contributed by atoms with E-state index in [1.807, 2.05) is 11.9 Å². The number of hydrogen-bond donors (Lipinski definition) is 1. The molecular weight excluding hydrogens is 262 g/mol. The van der Waals surface area contributed by atoms with E-state index in [0.717, 1.165) is 25.7 Å². The summed E-state index contributed by atoms with van der Waals surface area (Å²) < 4.78 is 0. The summed E-state index contributed by atoms with van der Waals surface area (Å²) in [6.07, 6.45) is 3.68. The molecule has 0 radical (unpaired) electrons. The maximum absolute atomic E-state index is 12.2. The molecule has 0 saturated heterocycles. The maximum atomic E-state index is 12.2. The minimum atomic E-state index is -0.314. The summed E-state index contributed by atoms with van der Waals surface area (Å²) in [6, 6.07) is 7.10. The third-order valence-corrected chi connectivity index (χ3v) is 4.03. The lowest BCUT2D eigenvalue weighted by Crippen LogP contribution is -2.45. The molecule has 104 valence electrons. The van der Waals surface area contributed by atoms with E-state index in [4.69, 9.17) is 11.6 Å². The highest BCUT2D eigenvalue weighted by molar-refractivity contribution is 6.31. The largest absolute Gasteiger partial charge is 0.391 e. The summed E-state index contributed by atoms with van der Waals surface area (Å²) in [5.41, 5.74) is 0.629. The summed E-state index contributed by atoms with van der Waals surface area (Å²) in [7, 11) is 1.90. The molecule has 0 bridgehead atoms. The van der Waals surface area contributed by atoms with Gasteiger partial charge in [-0.2, -0.15) is 0 Å². The average Bonchev–Trinajstić information content (AvgIpc) is 2.39. The zero-order chi connectivity index (χ0) is 13.8. The van der Waals surface area contributed by atoms with Crippen molar-refractivity contribution >= 4 is 17.4 Å². The third kappa shape index (κ3) is 3.78. The fourth-order valence-corrected chi connectivity index (χ4v) is 2.89. The number of hydrogen-bond acceptors (Lipinski definition) is 3. The summed E-state index contributed by atoms with van der Waals surface area (Å²) in [6.45, 7) is 0.321. The van der Waals surface area contributed by atoms with Gasteiger partial charge in [-0.25, -0.2) is 0 Å². The molecule has 19 heavy (non-hydrogen) atoms. The van der Waals surface area contributed by atoms with E-state index in [2.05, 4.69) is 0 Å². The molecule has 1 aliphatic carbocycles. The standard InChI is InChI=1S/C15H20ClNO2/c1-17(13-7-2-3-8-14(13)18)10-15(19)11-5-4-6-12(16)9-11/h4-6,9,13-14,18H,2-3,7-8,10H2,1H3. The van der Waals surface area contributed by atoms with Crippen molar-refractivity contribution in [3.8, 4) is 0 Å². The van der Waals surface area contributed by atoms with E-state index in [9.17, 15) is 9.90 Å². The van der Waals surface area contributed by atoms with Gasteiger partial charge in [-0.1, -0.05) is 36.6 Å². The number of carbonyl (C=O) groups is 1. The van der Waals surface area contributed by atoms with Gasteiger partial charge in [0.2, 0.25) is 0 Å². The van der Waals surface area contributed by atoms with Crippen LogP contribution in [0.15, 0.2) is 24.3 Å². The second-order valence-corrected chi connectivity index (χ2v) is 5.70. The normalized spacial score (nSPS) is 23.6. The number of aliphatic hydroxyl groups is 1. The van der Waals surface area contributed by atoms with Crippen LogP contribution in [0.4, 0.5) is 0 Å². The van der Waals surface area contributed by atoms with Crippen LogP contribution >= 0.6 is 11.6 Å². The lowest BCUT2D eigenvalue weighted by Gasteiger charge is -2.34. The molecule has 2 unspecified atom stereocenters. The minimum absolute atomic E-state index is 0.0442. The Hall–Kier alpha value is -0.900. The van der Waals surface area contributed by atoms with Crippen molar-refractivity contribution in [2.24, 2.45) is 0 Å². The number of carbonyl (C=O) groups excluding carboxylic acids is 1. The highest BCUT2D eigenvalue weighted by Crippen LogP contribution is 2.22. The summed E-state index contributed by atoms with van der Waals surface area (Å²) in [5, 5.41) is 10.6. The fraction of sp³-hybridized carbons (Fsp3) is 0.533. The number of rotatable bonds is 4. The topological polar surface area (TPSA) is 40.5 Å². The van der Waals surface area contributed by atoms with E-state index in [-0.39, 0.29) is 17.9 Å². The number of likely N-dealkylation sites (N-methyl/N-ethyl adjacent to an activating group) is 1. The van der Waals surface area contributed by atoms with Gasteiger partial charge in [0.1, 0.15) is 0 Å². The molecular formula is C15H20ClNO2. The Morgan fingerprint density at radius 3 is 2.84 bits per heavy atom. The van der Waals surface area contributed by atoms with Crippen molar-refractivity contribution in [3.05, 3.63) is 34.9 Å². The lowest BCUT2D eigenvalue weighted by atomic mass is 9.91. The van der Waals surface area contributed by atoms with Gasteiger partial charge >= 0.3 is 0 Å². The van der Waals surface area contributed by atoms with Crippen molar-refractivity contribution in [2.45, 2.75) is 37.8 Å². The fourth-order valence-electron chi connectivity index (χ4n) is 2.70. The zero-order valence-corrected chi connectivity index (χ0v) is 11.9. The Kier molecular flexibility index (Phi) is 4.97. The molecule has 0 amide bonds. The van der Waals surface area contributed by atoms with Gasteiger partial charge in [-0.3, -0.25) is 9.69 Å². The van der Waals surface area contributed by atoms with E-state index in [1.165, 1.54) is 0 Å². The molecule has 1 fully saturated rings. The van der Waals surface area contributed by atoms with Gasteiger partial charge in [0, 0.05) is 16.6 Å². The molecule has 0 spiro atoms. The highest BCUT2D eigenvalue weighted by atomic mass is 35.5. The van der Waals surface area contributed by atoms with Gasteiger partial charge in [0.15, 0.2) is 5.78 Å². The van der Waals surface area contributed by atoms with Crippen LogP contribution in [0.25, 0.3) is 0 Å². The van der Waals surface area contributed by atoms with Gasteiger partial charge in [-0.15, -0.1) is 0 Å². The third-order valence-electron chi connectivity index (χ3n) is 3.80. The maximum Gasteiger partial charge on any atom is 0.176 e. The Morgan fingerprint density at radius 2 is 2.16 bits per heavy atom. The number of aliphatic hydroxyl groups excluding tert-OH is 1. The van der Waals surface area contributed by atoms with Crippen LogP contribution in [0, 0.1) is 0 Å². The first-order chi connectivity index (χ1) is 9.08. The van der Waals surface area contributed by atoms with Crippen LogP contribution < -0.4 is 0 Å². The van der Waals surface area contributed by atoms with Crippen LogP contribution in [0.2, 0.25) is 5.02 Å². The molecule has 2 atom stereocenters. The first-order valence-electron chi connectivity index (χ1n) is 6.75. The predicted molar refractivity (Wildman–Crippen MR) is 76.7 cm³/mol. The van der Waals surface area contributed by atoms with Crippen molar-refractivity contribution in [1.29, 1.82) is 0 Å². The number of Topliss-reactive ketones (excluding diaryl/α,β-unsaturated/α-hetero) is 1. The van der Waals surface area contributed by atoms with E-state index in [0.29, 0.717) is 17.1 Å². The Labute approximate surface area is 119 Å². The van der Waals surface area contributed by atoms with Crippen molar-refractivity contribution in [3.63, 3.8) is 0 Å². The number of nitrogens with zero attached hydrogens (tertiary/aromatic N) is 1. The summed E-state index contributed by atoms with van der Waals surface area (Å²) >= 11 is 5.89. The van der Waals surface area contributed by atoms with Gasteiger partial charge in [0.25, 0.3) is 0 Å². The molecule has 3 nitrogen and oxygen atoms in total. The first kappa shape index (κ1) is 14.5. The van der Waals surface area contributed by atoms with Gasteiger partial charge in [-0.05, 0) is 32.0 Å². The van der Waals surface area contributed by atoms with Crippen LogP contribution in [-0.4, -0.2) is 41.5 Å². The molecule has 1 N–H and O–H groups in total. The van der Waals surface area contributed by atoms with E-state index in [1.54, 1.807) is 24.3 Å². The first-order valence-corrected chi connectivity index (χ1v) is 7.13. The van der Waals surface area contributed by atoms with Crippen molar-refractivity contribution < 1.29 is 9.90 Å². The summed E-state index contributed by atoms with van der Waals surface area (Å²) in [5.74, 6) is 0.0442. The lowest BCUT2D eigenvalue weighted by molar-refractivity contribution is 0.0322. The molecule has 0 aliphatic heterocycles. The summed E-state index contributed by atoms with van der Waals surface area (Å²) in [4.78, 5) is 14.1.